The third-order valence-electron chi connectivity index (χ3n) is 3.12. The van der Waals surface area contributed by atoms with Gasteiger partial charge in [0.05, 0.1) is 29.0 Å². The number of hydrogen-bond acceptors (Lipinski definition) is 7. The Hall–Kier alpha value is -2.18. The van der Waals surface area contributed by atoms with Crippen molar-refractivity contribution in [3.8, 4) is 6.07 Å². The van der Waals surface area contributed by atoms with E-state index in [1.54, 1.807) is 4.90 Å². The first-order chi connectivity index (χ1) is 9.82. The molecule has 1 unspecified atom stereocenters. The lowest BCUT2D eigenvalue weighted by Gasteiger charge is -2.31. The number of anilines is 1. The molecule has 0 radical (unpaired) electrons. The highest BCUT2D eigenvalue weighted by molar-refractivity contribution is 7.90. The van der Waals surface area contributed by atoms with Crippen LogP contribution in [0.2, 0.25) is 0 Å². The van der Waals surface area contributed by atoms with E-state index in [1.807, 2.05) is 6.07 Å². The van der Waals surface area contributed by atoms with Gasteiger partial charge in [-0.3, -0.25) is 10.1 Å². The Kier molecular flexibility index (Phi) is 4.11. The van der Waals surface area contributed by atoms with Gasteiger partial charge in [0.25, 0.3) is 5.69 Å². The van der Waals surface area contributed by atoms with Crippen molar-refractivity contribution in [3.63, 3.8) is 0 Å². The molecule has 1 aromatic carbocycles. The maximum atomic E-state index is 11.5. The molecule has 1 heterocycles. The van der Waals surface area contributed by atoms with E-state index in [4.69, 9.17) is 10.00 Å². The van der Waals surface area contributed by atoms with Crippen LogP contribution in [0.15, 0.2) is 23.1 Å². The fraction of sp³-hybridized carbons (Fsp3) is 0.417. The van der Waals surface area contributed by atoms with E-state index in [2.05, 4.69) is 0 Å². The van der Waals surface area contributed by atoms with E-state index in [1.165, 1.54) is 12.1 Å². The molecule has 0 bridgehead atoms. The molecule has 1 aliphatic rings. The molecule has 21 heavy (non-hydrogen) atoms. The number of benzene rings is 1. The van der Waals surface area contributed by atoms with Crippen LogP contribution >= 0.6 is 0 Å². The molecule has 1 aliphatic heterocycles. The highest BCUT2D eigenvalue weighted by Crippen LogP contribution is 2.31. The van der Waals surface area contributed by atoms with Crippen molar-refractivity contribution in [2.24, 2.45) is 0 Å². The first-order valence-corrected chi connectivity index (χ1v) is 7.96. The van der Waals surface area contributed by atoms with Crippen LogP contribution in [0.25, 0.3) is 0 Å². The zero-order valence-corrected chi connectivity index (χ0v) is 12.0. The molecule has 2 rings (SSSR count). The second kappa shape index (κ2) is 5.67. The Morgan fingerprint density at radius 3 is 2.81 bits per heavy atom. The van der Waals surface area contributed by atoms with Crippen LogP contribution in [0.5, 0.6) is 0 Å². The van der Waals surface area contributed by atoms with Crippen molar-refractivity contribution < 1.29 is 18.1 Å². The van der Waals surface area contributed by atoms with Crippen molar-refractivity contribution in [3.05, 3.63) is 28.3 Å². The molecule has 1 saturated heterocycles. The maximum Gasteiger partial charge on any atom is 0.293 e. The minimum atomic E-state index is -3.52. The minimum Gasteiger partial charge on any atom is -0.360 e. The van der Waals surface area contributed by atoms with Crippen LogP contribution in [-0.4, -0.2) is 45.4 Å². The van der Waals surface area contributed by atoms with Crippen LogP contribution < -0.4 is 4.90 Å². The van der Waals surface area contributed by atoms with Gasteiger partial charge in [-0.05, 0) is 12.1 Å². The molecular weight excluding hydrogens is 298 g/mol. The summed E-state index contributed by atoms with van der Waals surface area (Å²) in [6.07, 6.45) is 0.333. The number of rotatable bonds is 3. The summed E-state index contributed by atoms with van der Waals surface area (Å²) in [4.78, 5) is 12.1. The Morgan fingerprint density at radius 2 is 2.24 bits per heavy atom. The maximum absolute atomic E-state index is 11.5. The van der Waals surface area contributed by atoms with Gasteiger partial charge in [-0.15, -0.1) is 0 Å². The van der Waals surface area contributed by atoms with Crippen molar-refractivity contribution in [2.75, 3.05) is 30.9 Å². The zero-order chi connectivity index (χ0) is 15.6. The van der Waals surface area contributed by atoms with Crippen LogP contribution in [0.3, 0.4) is 0 Å². The predicted octanol–water partition coefficient (Wildman–Crippen LogP) is 0.727. The van der Waals surface area contributed by atoms with Crippen LogP contribution in [0.4, 0.5) is 11.4 Å². The number of morpholine rings is 1. The van der Waals surface area contributed by atoms with E-state index in [9.17, 15) is 18.5 Å². The Balaban J connectivity index is 2.44. The lowest BCUT2D eigenvalue weighted by atomic mass is 10.2. The SMILES string of the molecule is CS(=O)(=O)c1ccc(N2CCOC(C#N)C2)c([N+](=O)[O-])c1. The quantitative estimate of drug-likeness (QED) is 0.597. The molecule has 0 amide bonds. The molecule has 0 spiro atoms. The third kappa shape index (κ3) is 3.29. The molecule has 0 aromatic heterocycles. The van der Waals surface area contributed by atoms with Gasteiger partial charge >= 0.3 is 0 Å². The Bertz CT molecular complexity index is 710. The van der Waals surface area contributed by atoms with E-state index >= 15 is 0 Å². The zero-order valence-electron chi connectivity index (χ0n) is 11.2. The molecule has 1 fully saturated rings. The van der Waals surface area contributed by atoms with Gasteiger partial charge in [0.15, 0.2) is 15.9 Å². The highest BCUT2D eigenvalue weighted by atomic mass is 32.2. The summed E-state index contributed by atoms with van der Waals surface area (Å²) < 4.78 is 28.2. The number of ether oxygens (including phenoxy) is 1. The molecule has 8 nitrogen and oxygen atoms in total. The smallest absolute Gasteiger partial charge is 0.293 e. The lowest BCUT2D eigenvalue weighted by molar-refractivity contribution is -0.384. The summed E-state index contributed by atoms with van der Waals surface area (Å²) in [5.41, 5.74) is -0.00698. The molecule has 112 valence electrons. The summed E-state index contributed by atoms with van der Waals surface area (Å²) in [6.45, 7) is 0.885. The lowest BCUT2D eigenvalue weighted by Crippen LogP contribution is -2.42. The van der Waals surface area contributed by atoms with Crippen molar-refractivity contribution in [1.82, 2.24) is 0 Å². The summed E-state index contributed by atoms with van der Waals surface area (Å²) in [5.74, 6) is 0. The van der Waals surface area contributed by atoms with Gasteiger partial charge < -0.3 is 9.64 Å². The predicted molar refractivity (Wildman–Crippen MR) is 73.8 cm³/mol. The molecule has 1 aromatic rings. The topological polar surface area (TPSA) is 114 Å². The third-order valence-corrected chi connectivity index (χ3v) is 4.23. The van der Waals surface area contributed by atoms with Gasteiger partial charge in [-0.25, -0.2) is 8.42 Å². The van der Waals surface area contributed by atoms with Crippen molar-refractivity contribution in [1.29, 1.82) is 5.26 Å². The summed E-state index contributed by atoms with van der Waals surface area (Å²) in [5, 5.41) is 20.1. The highest BCUT2D eigenvalue weighted by Gasteiger charge is 2.27. The summed E-state index contributed by atoms with van der Waals surface area (Å²) in [7, 11) is -3.52. The normalized spacial score (nSPS) is 19.0. The number of nitriles is 1. The van der Waals surface area contributed by atoms with Gasteiger partial charge in [0.1, 0.15) is 5.69 Å². The Labute approximate surface area is 121 Å². The van der Waals surface area contributed by atoms with Gasteiger partial charge in [0.2, 0.25) is 0 Å². The Morgan fingerprint density at radius 1 is 1.52 bits per heavy atom. The monoisotopic (exact) mass is 311 g/mol. The number of nitro groups is 1. The van der Waals surface area contributed by atoms with E-state index in [0.29, 0.717) is 6.54 Å². The first kappa shape index (κ1) is 15.2. The molecule has 0 aliphatic carbocycles. The second-order valence-corrected chi connectivity index (χ2v) is 6.63. The van der Waals surface area contributed by atoms with E-state index < -0.39 is 20.9 Å². The molecule has 1 atom stereocenters. The van der Waals surface area contributed by atoms with Gasteiger partial charge in [-0.1, -0.05) is 0 Å². The van der Waals surface area contributed by atoms with Crippen LogP contribution in [0, 0.1) is 21.4 Å². The van der Waals surface area contributed by atoms with Crippen molar-refractivity contribution >= 4 is 21.2 Å². The average Bonchev–Trinajstić information content (AvgIpc) is 2.45. The molecule has 0 N–H and O–H groups in total. The number of nitro benzene ring substituents is 1. The summed E-state index contributed by atoms with van der Waals surface area (Å²) in [6, 6.07) is 5.73. The first-order valence-electron chi connectivity index (χ1n) is 6.07. The number of hydrogen-bond donors (Lipinski definition) is 0. The molecule has 9 heteroatoms. The van der Waals surface area contributed by atoms with Crippen molar-refractivity contribution in [2.45, 2.75) is 11.0 Å². The average molecular weight is 311 g/mol. The largest absolute Gasteiger partial charge is 0.360 e. The van der Waals surface area contributed by atoms with E-state index in [0.717, 1.165) is 12.3 Å². The number of sulfone groups is 1. The molecular formula is C12H13N3O5S. The van der Waals surface area contributed by atoms with Crippen LogP contribution in [-0.2, 0) is 14.6 Å². The number of nitrogens with zero attached hydrogens (tertiary/aromatic N) is 3. The van der Waals surface area contributed by atoms with Gasteiger partial charge in [0, 0.05) is 18.9 Å². The van der Waals surface area contributed by atoms with E-state index in [-0.39, 0.29) is 29.4 Å². The standard InChI is InChI=1S/C12H13N3O5S/c1-21(18,19)10-2-3-11(12(6-10)15(16)17)14-4-5-20-9(7-13)8-14/h2-3,6,9H,4-5,8H2,1H3. The minimum absolute atomic E-state index is 0.108. The van der Waals surface area contributed by atoms with Gasteiger partial charge in [-0.2, -0.15) is 5.26 Å². The van der Waals surface area contributed by atoms with Crippen LogP contribution in [0.1, 0.15) is 0 Å². The fourth-order valence-corrected chi connectivity index (χ4v) is 2.73. The molecule has 0 saturated carbocycles. The second-order valence-electron chi connectivity index (χ2n) is 4.61. The fourth-order valence-electron chi connectivity index (χ4n) is 2.09. The summed E-state index contributed by atoms with van der Waals surface area (Å²) >= 11 is 0.